The Labute approximate surface area is 112 Å². The van der Waals surface area contributed by atoms with Crippen LogP contribution in [0, 0.1) is 11.8 Å². The molecular weight excluding hydrogens is 252 g/mol. The van der Waals surface area contributed by atoms with Crippen molar-refractivity contribution in [1.82, 2.24) is 4.90 Å². The predicted molar refractivity (Wildman–Crippen MR) is 76.7 cm³/mol. The minimum Gasteiger partial charge on any atom is -0.341 e. The molecule has 0 saturated carbocycles. The van der Waals surface area contributed by atoms with Gasteiger partial charge in [-0.05, 0) is 18.3 Å². The summed E-state index contributed by atoms with van der Waals surface area (Å²) in [4.78, 5) is 18.5. The van der Waals surface area contributed by atoms with Crippen molar-refractivity contribution in [2.75, 3.05) is 31.1 Å². The van der Waals surface area contributed by atoms with E-state index in [4.69, 9.17) is 0 Å². The molecule has 2 rings (SSSR count). The van der Waals surface area contributed by atoms with Crippen LogP contribution in [0.5, 0.6) is 0 Å². The zero-order chi connectivity index (χ0) is 12.3. The quantitative estimate of drug-likeness (QED) is 0.773. The maximum Gasteiger partial charge on any atom is 0.233 e. The molecule has 0 aliphatic carbocycles. The Morgan fingerprint density at radius 3 is 2.76 bits per heavy atom. The molecule has 0 aromatic carbocycles. The van der Waals surface area contributed by atoms with E-state index in [1.165, 1.54) is 6.42 Å². The van der Waals surface area contributed by atoms with Gasteiger partial charge in [0.05, 0.1) is 12.3 Å². The maximum atomic E-state index is 12.1. The van der Waals surface area contributed by atoms with E-state index in [1.807, 2.05) is 4.90 Å². The molecule has 0 N–H and O–H groups in total. The number of amides is 1. The van der Waals surface area contributed by atoms with Gasteiger partial charge in [0.15, 0.2) is 0 Å². The van der Waals surface area contributed by atoms with Gasteiger partial charge in [0.1, 0.15) is 4.38 Å². The summed E-state index contributed by atoms with van der Waals surface area (Å²) < 4.78 is 1.09. The summed E-state index contributed by atoms with van der Waals surface area (Å²) >= 11 is 3.38. The van der Waals surface area contributed by atoms with Crippen LogP contribution in [0.25, 0.3) is 0 Å². The molecule has 0 aromatic heterocycles. The smallest absolute Gasteiger partial charge is 0.233 e. The van der Waals surface area contributed by atoms with E-state index < -0.39 is 0 Å². The van der Waals surface area contributed by atoms with Crippen molar-refractivity contribution < 1.29 is 4.79 Å². The monoisotopic (exact) mass is 272 g/mol. The van der Waals surface area contributed by atoms with Gasteiger partial charge in [-0.1, -0.05) is 37.4 Å². The number of carbonyl (C=O) groups excluding carboxylic acids is 1. The second kappa shape index (κ2) is 6.14. The molecule has 0 bridgehead atoms. The fraction of sp³-hybridized carbons (Fsp3) is 0.833. The normalized spacial score (nSPS) is 29.3. The van der Waals surface area contributed by atoms with Crippen molar-refractivity contribution in [2.24, 2.45) is 16.8 Å². The average molecular weight is 272 g/mol. The van der Waals surface area contributed by atoms with Crippen LogP contribution >= 0.6 is 23.5 Å². The van der Waals surface area contributed by atoms with E-state index in [0.717, 1.165) is 29.8 Å². The minimum absolute atomic E-state index is 0.281. The Morgan fingerprint density at radius 2 is 2.18 bits per heavy atom. The molecule has 0 radical (unpaired) electrons. The molecule has 2 atom stereocenters. The number of carbonyl (C=O) groups is 1. The first-order chi connectivity index (χ1) is 8.15. The van der Waals surface area contributed by atoms with Gasteiger partial charge in [-0.15, -0.1) is 0 Å². The van der Waals surface area contributed by atoms with E-state index >= 15 is 0 Å². The molecule has 0 unspecified atom stereocenters. The van der Waals surface area contributed by atoms with Crippen LogP contribution in [-0.4, -0.2) is 46.3 Å². The highest BCUT2D eigenvalue weighted by Crippen LogP contribution is 2.24. The second-order valence-corrected chi connectivity index (χ2v) is 7.34. The first kappa shape index (κ1) is 13.3. The largest absolute Gasteiger partial charge is 0.341 e. The third-order valence-corrected chi connectivity index (χ3v) is 5.34. The Balaban J connectivity index is 1.78. The van der Waals surface area contributed by atoms with Crippen molar-refractivity contribution in [2.45, 2.75) is 20.3 Å². The fourth-order valence-electron chi connectivity index (χ4n) is 2.48. The van der Waals surface area contributed by atoms with Gasteiger partial charge in [-0.2, -0.15) is 0 Å². The highest BCUT2D eigenvalue weighted by Gasteiger charge is 2.25. The van der Waals surface area contributed by atoms with Crippen LogP contribution in [0.3, 0.4) is 0 Å². The summed E-state index contributed by atoms with van der Waals surface area (Å²) in [5.74, 6) is 3.21. The summed E-state index contributed by atoms with van der Waals surface area (Å²) in [5, 5.41) is 0. The van der Waals surface area contributed by atoms with Gasteiger partial charge >= 0.3 is 0 Å². The van der Waals surface area contributed by atoms with E-state index in [1.54, 1.807) is 23.5 Å². The molecule has 1 fully saturated rings. The van der Waals surface area contributed by atoms with Gasteiger partial charge in [-0.3, -0.25) is 9.79 Å². The predicted octanol–water partition coefficient (Wildman–Crippen LogP) is 2.33. The van der Waals surface area contributed by atoms with Gasteiger partial charge in [0.25, 0.3) is 0 Å². The minimum atomic E-state index is 0.281. The molecule has 2 heterocycles. The Morgan fingerprint density at radius 1 is 1.47 bits per heavy atom. The standard InChI is InChI=1S/C12H20N2OS2/c1-9-5-10(2)7-14(6-9)11(15)8-17-12-13-3-4-16-12/h9-10H,3-8H2,1-2H3/t9-,10-/m1/s1. The van der Waals surface area contributed by atoms with Gasteiger partial charge in [0, 0.05) is 18.8 Å². The van der Waals surface area contributed by atoms with Crippen molar-refractivity contribution >= 4 is 33.8 Å². The first-order valence-electron chi connectivity index (χ1n) is 6.23. The molecule has 2 aliphatic heterocycles. The lowest BCUT2D eigenvalue weighted by atomic mass is 9.92. The number of aliphatic imine (C=N–C) groups is 1. The number of rotatable bonds is 2. The van der Waals surface area contributed by atoms with Crippen molar-refractivity contribution in [3.63, 3.8) is 0 Å². The van der Waals surface area contributed by atoms with Crippen molar-refractivity contribution in [3.8, 4) is 0 Å². The highest BCUT2D eigenvalue weighted by atomic mass is 32.2. The first-order valence-corrected chi connectivity index (χ1v) is 8.20. The average Bonchev–Trinajstić information content (AvgIpc) is 2.77. The summed E-state index contributed by atoms with van der Waals surface area (Å²) in [5.41, 5.74) is 0. The molecule has 1 amide bonds. The zero-order valence-electron chi connectivity index (χ0n) is 10.5. The summed E-state index contributed by atoms with van der Waals surface area (Å²) in [6.07, 6.45) is 1.25. The lowest BCUT2D eigenvalue weighted by Gasteiger charge is -2.35. The van der Waals surface area contributed by atoms with Crippen LogP contribution in [0.15, 0.2) is 4.99 Å². The molecule has 0 aromatic rings. The molecule has 17 heavy (non-hydrogen) atoms. The van der Waals surface area contributed by atoms with Crippen LogP contribution in [0.4, 0.5) is 0 Å². The van der Waals surface area contributed by atoms with E-state index in [2.05, 4.69) is 18.8 Å². The van der Waals surface area contributed by atoms with Crippen molar-refractivity contribution in [3.05, 3.63) is 0 Å². The molecule has 2 aliphatic rings. The number of hydrogen-bond acceptors (Lipinski definition) is 4. The Bertz CT molecular complexity index is 310. The molecule has 3 nitrogen and oxygen atoms in total. The summed E-state index contributed by atoms with van der Waals surface area (Å²) in [7, 11) is 0. The highest BCUT2D eigenvalue weighted by molar-refractivity contribution is 8.39. The van der Waals surface area contributed by atoms with Gasteiger partial charge in [0.2, 0.25) is 5.91 Å². The number of nitrogens with zero attached hydrogens (tertiary/aromatic N) is 2. The van der Waals surface area contributed by atoms with Crippen molar-refractivity contribution in [1.29, 1.82) is 0 Å². The SMILES string of the molecule is C[C@@H]1C[C@@H](C)CN(C(=O)CSC2=NCCS2)C1. The number of likely N-dealkylation sites (tertiary alicyclic amines) is 1. The van der Waals surface area contributed by atoms with E-state index in [9.17, 15) is 4.79 Å². The zero-order valence-corrected chi connectivity index (χ0v) is 12.1. The second-order valence-electron chi connectivity index (χ2n) is 5.03. The summed E-state index contributed by atoms with van der Waals surface area (Å²) in [6.45, 7) is 7.26. The van der Waals surface area contributed by atoms with Gasteiger partial charge in [-0.25, -0.2) is 0 Å². The van der Waals surface area contributed by atoms with Crippen LogP contribution < -0.4 is 0 Å². The Kier molecular flexibility index (Phi) is 4.79. The van der Waals surface area contributed by atoms with Crippen LogP contribution in [0.1, 0.15) is 20.3 Å². The third kappa shape index (κ3) is 3.91. The third-order valence-electron chi connectivity index (χ3n) is 3.10. The van der Waals surface area contributed by atoms with E-state index in [-0.39, 0.29) is 5.91 Å². The number of thioether (sulfide) groups is 2. The molecule has 96 valence electrons. The lowest BCUT2D eigenvalue weighted by molar-refractivity contribution is -0.130. The molecular formula is C12H20N2OS2. The number of piperidine rings is 1. The van der Waals surface area contributed by atoms with Gasteiger partial charge < -0.3 is 4.90 Å². The lowest BCUT2D eigenvalue weighted by Crippen LogP contribution is -2.43. The molecule has 0 spiro atoms. The van der Waals surface area contributed by atoms with Crippen LogP contribution in [-0.2, 0) is 4.79 Å². The maximum absolute atomic E-state index is 12.1. The van der Waals surface area contributed by atoms with E-state index in [0.29, 0.717) is 17.6 Å². The molecule has 5 heteroatoms. The fourth-order valence-corrected chi connectivity index (χ4v) is 4.40. The molecule has 1 saturated heterocycles. The van der Waals surface area contributed by atoms with Crippen LogP contribution in [0.2, 0.25) is 0 Å². The number of hydrogen-bond donors (Lipinski definition) is 0. The Hall–Kier alpha value is -0.160. The summed E-state index contributed by atoms with van der Waals surface area (Å²) in [6, 6.07) is 0. The topological polar surface area (TPSA) is 32.7 Å².